The molecular weight excluding hydrogens is 216 g/mol. The van der Waals surface area contributed by atoms with E-state index >= 15 is 0 Å². The summed E-state index contributed by atoms with van der Waals surface area (Å²) in [5, 5.41) is 0. The van der Waals surface area contributed by atoms with Gasteiger partial charge in [0.05, 0.1) is 18.9 Å². The van der Waals surface area contributed by atoms with Gasteiger partial charge in [-0.25, -0.2) is 0 Å². The molecule has 1 aliphatic heterocycles. The summed E-state index contributed by atoms with van der Waals surface area (Å²) in [7, 11) is 1.78. The first-order chi connectivity index (χ1) is 8.24. The average Bonchev–Trinajstić information content (AvgIpc) is 2.75. The minimum Gasteiger partial charge on any atom is -0.468 e. The molecule has 0 spiro atoms. The van der Waals surface area contributed by atoms with E-state index in [0.29, 0.717) is 18.7 Å². The lowest BCUT2D eigenvalue weighted by atomic mass is 9.99. The molecule has 1 aliphatic rings. The number of nitrogens with zero attached hydrogens (tertiary/aromatic N) is 1. The highest BCUT2D eigenvalue weighted by Crippen LogP contribution is 2.22. The third-order valence-electron chi connectivity index (χ3n) is 3.71. The molecule has 96 valence electrons. The van der Waals surface area contributed by atoms with Crippen LogP contribution < -0.4 is 5.73 Å². The Labute approximate surface area is 103 Å². The Bertz CT molecular complexity index is 351. The third-order valence-corrected chi connectivity index (χ3v) is 3.71. The number of ether oxygens (including phenoxy) is 1. The van der Waals surface area contributed by atoms with Crippen LogP contribution in [0.15, 0.2) is 16.7 Å². The second kappa shape index (κ2) is 5.67. The van der Waals surface area contributed by atoms with Gasteiger partial charge in [0.25, 0.3) is 0 Å². The second-order valence-corrected chi connectivity index (χ2v) is 4.77. The van der Waals surface area contributed by atoms with E-state index < -0.39 is 0 Å². The van der Waals surface area contributed by atoms with E-state index in [1.807, 2.05) is 6.07 Å². The molecule has 4 nitrogen and oxygen atoms in total. The maximum Gasteiger partial charge on any atom is 0.120 e. The van der Waals surface area contributed by atoms with E-state index in [1.54, 1.807) is 13.4 Å². The van der Waals surface area contributed by atoms with Crippen LogP contribution in [-0.2, 0) is 11.3 Å². The van der Waals surface area contributed by atoms with Gasteiger partial charge < -0.3 is 14.9 Å². The van der Waals surface area contributed by atoms with Crippen LogP contribution >= 0.6 is 0 Å². The number of methoxy groups -OCH3 is 1. The highest BCUT2D eigenvalue weighted by molar-refractivity contribution is 5.14. The molecule has 2 heterocycles. The first kappa shape index (κ1) is 12.6. The molecular formula is C13H22N2O2. The fourth-order valence-corrected chi connectivity index (χ4v) is 2.48. The maximum atomic E-state index is 5.85. The van der Waals surface area contributed by atoms with Crippen LogP contribution in [0.1, 0.15) is 24.2 Å². The largest absolute Gasteiger partial charge is 0.468 e. The summed E-state index contributed by atoms with van der Waals surface area (Å²) < 4.78 is 10.9. The van der Waals surface area contributed by atoms with Crippen molar-refractivity contribution in [2.45, 2.75) is 38.5 Å². The summed E-state index contributed by atoms with van der Waals surface area (Å²) in [6.45, 7) is 4.65. The smallest absolute Gasteiger partial charge is 0.120 e. The van der Waals surface area contributed by atoms with Gasteiger partial charge in [-0.2, -0.15) is 0 Å². The van der Waals surface area contributed by atoms with Gasteiger partial charge in [0.15, 0.2) is 0 Å². The summed E-state index contributed by atoms with van der Waals surface area (Å²) >= 11 is 0. The van der Waals surface area contributed by atoms with Crippen LogP contribution in [0.25, 0.3) is 0 Å². The molecule has 1 fully saturated rings. The molecule has 0 saturated carbocycles. The summed E-state index contributed by atoms with van der Waals surface area (Å²) in [5.74, 6) is 1.05. The highest BCUT2D eigenvalue weighted by atomic mass is 16.5. The van der Waals surface area contributed by atoms with Crippen molar-refractivity contribution in [1.29, 1.82) is 0 Å². The zero-order valence-corrected chi connectivity index (χ0v) is 10.7. The average molecular weight is 238 g/mol. The molecule has 1 saturated heterocycles. The van der Waals surface area contributed by atoms with Crippen molar-refractivity contribution in [3.8, 4) is 0 Å². The van der Waals surface area contributed by atoms with E-state index in [9.17, 15) is 0 Å². The monoisotopic (exact) mass is 238 g/mol. The van der Waals surface area contributed by atoms with E-state index in [4.69, 9.17) is 14.9 Å². The first-order valence-corrected chi connectivity index (χ1v) is 6.24. The highest BCUT2D eigenvalue weighted by Gasteiger charge is 2.28. The Morgan fingerprint density at radius 2 is 2.41 bits per heavy atom. The van der Waals surface area contributed by atoms with Crippen molar-refractivity contribution in [1.82, 2.24) is 4.90 Å². The van der Waals surface area contributed by atoms with Crippen LogP contribution in [0.3, 0.4) is 0 Å². The van der Waals surface area contributed by atoms with E-state index in [-0.39, 0.29) is 0 Å². The predicted molar refractivity (Wildman–Crippen MR) is 66.7 cm³/mol. The number of nitrogens with two attached hydrogens (primary N) is 1. The molecule has 2 rings (SSSR count). The molecule has 0 amide bonds. The van der Waals surface area contributed by atoms with Crippen LogP contribution in [-0.4, -0.2) is 37.2 Å². The number of hydrogen-bond donors (Lipinski definition) is 1. The predicted octanol–water partition coefficient (Wildman–Crippen LogP) is 1.53. The number of likely N-dealkylation sites (tertiary alicyclic amines) is 1. The second-order valence-electron chi connectivity index (χ2n) is 4.77. The maximum absolute atomic E-state index is 5.85. The molecule has 0 aliphatic carbocycles. The van der Waals surface area contributed by atoms with Gasteiger partial charge in [-0.1, -0.05) is 0 Å². The number of rotatable bonds is 4. The Hall–Kier alpha value is -0.840. The zero-order chi connectivity index (χ0) is 12.3. The Morgan fingerprint density at radius 1 is 1.59 bits per heavy atom. The lowest BCUT2D eigenvalue weighted by Crippen LogP contribution is -2.47. The number of hydrogen-bond acceptors (Lipinski definition) is 4. The summed E-state index contributed by atoms with van der Waals surface area (Å²) in [6.07, 6.45) is 4.21. The fourth-order valence-electron chi connectivity index (χ4n) is 2.48. The Balaban J connectivity index is 1.98. The SMILES string of the molecule is COC1CCN(Cc2occc2C)C(CN)C1. The van der Waals surface area contributed by atoms with Gasteiger partial charge >= 0.3 is 0 Å². The quantitative estimate of drug-likeness (QED) is 0.864. The lowest BCUT2D eigenvalue weighted by molar-refractivity contribution is 0.00789. The lowest BCUT2D eigenvalue weighted by Gasteiger charge is -2.38. The van der Waals surface area contributed by atoms with Crippen molar-refractivity contribution < 1.29 is 9.15 Å². The minimum atomic E-state index is 0.359. The standard InChI is InChI=1S/C13H22N2O2/c1-10-4-6-17-13(10)9-15-5-3-12(16-2)7-11(15)8-14/h4,6,11-12H,3,5,7-9,14H2,1-2H3. The summed E-state index contributed by atoms with van der Waals surface area (Å²) in [6, 6.07) is 2.41. The fraction of sp³-hybridized carbons (Fsp3) is 0.692. The Morgan fingerprint density at radius 3 is 3.00 bits per heavy atom. The third kappa shape index (κ3) is 2.89. The number of piperidine rings is 1. The Kier molecular flexibility index (Phi) is 4.20. The van der Waals surface area contributed by atoms with Gasteiger partial charge in [0.1, 0.15) is 5.76 Å². The van der Waals surface area contributed by atoms with Crippen molar-refractivity contribution in [3.05, 3.63) is 23.7 Å². The number of aryl methyl sites for hydroxylation is 1. The molecule has 0 radical (unpaired) electrons. The molecule has 17 heavy (non-hydrogen) atoms. The topological polar surface area (TPSA) is 51.6 Å². The van der Waals surface area contributed by atoms with Gasteiger partial charge in [-0.3, -0.25) is 4.90 Å². The molecule has 1 aromatic heterocycles. The van der Waals surface area contributed by atoms with Crippen molar-refractivity contribution in [3.63, 3.8) is 0 Å². The molecule has 0 bridgehead atoms. The summed E-state index contributed by atoms with van der Waals surface area (Å²) in [4.78, 5) is 2.40. The summed E-state index contributed by atoms with van der Waals surface area (Å²) in [5.41, 5.74) is 7.07. The normalized spacial score (nSPS) is 26.3. The van der Waals surface area contributed by atoms with Gasteiger partial charge in [0.2, 0.25) is 0 Å². The van der Waals surface area contributed by atoms with Crippen molar-refractivity contribution >= 4 is 0 Å². The van der Waals surface area contributed by atoms with Crippen LogP contribution in [0.5, 0.6) is 0 Å². The van der Waals surface area contributed by atoms with Crippen molar-refractivity contribution in [2.75, 3.05) is 20.2 Å². The first-order valence-electron chi connectivity index (χ1n) is 6.24. The van der Waals surface area contributed by atoms with Crippen LogP contribution in [0.4, 0.5) is 0 Å². The molecule has 1 aromatic rings. The van der Waals surface area contributed by atoms with Crippen LogP contribution in [0.2, 0.25) is 0 Å². The molecule has 2 N–H and O–H groups in total. The van der Waals surface area contributed by atoms with Gasteiger partial charge in [-0.05, 0) is 31.4 Å². The van der Waals surface area contributed by atoms with E-state index in [0.717, 1.165) is 31.7 Å². The molecule has 0 aromatic carbocycles. The van der Waals surface area contributed by atoms with E-state index in [2.05, 4.69) is 11.8 Å². The van der Waals surface area contributed by atoms with Crippen LogP contribution in [0, 0.1) is 6.92 Å². The molecule has 2 atom stereocenters. The van der Waals surface area contributed by atoms with Gasteiger partial charge in [-0.15, -0.1) is 0 Å². The zero-order valence-electron chi connectivity index (χ0n) is 10.7. The molecule has 4 heteroatoms. The molecule has 2 unspecified atom stereocenters. The van der Waals surface area contributed by atoms with Gasteiger partial charge in [0, 0.05) is 26.2 Å². The number of furan rings is 1. The van der Waals surface area contributed by atoms with Crippen molar-refractivity contribution in [2.24, 2.45) is 5.73 Å². The van der Waals surface area contributed by atoms with E-state index in [1.165, 1.54) is 5.56 Å². The minimum absolute atomic E-state index is 0.359.